The number of nitrogens with zero attached hydrogens (tertiary/aromatic N) is 3. The zero-order valence-electron chi connectivity index (χ0n) is 15.1. The van der Waals surface area contributed by atoms with Crippen LogP contribution in [0.1, 0.15) is 0 Å². The van der Waals surface area contributed by atoms with E-state index in [2.05, 4.69) is 34.1 Å². The summed E-state index contributed by atoms with van der Waals surface area (Å²) >= 11 is 0. The molecular weight excluding hydrogens is 362 g/mol. The number of aromatic nitrogens is 1. The van der Waals surface area contributed by atoms with Crippen LogP contribution in [-0.2, 0) is 0 Å². The second kappa shape index (κ2) is 9.04. The molecule has 0 unspecified atom stereocenters. The van der Waals surface area contributed by atoms with Crippen LogP contribution in [-0.4, -0.2) is 54.3 Å². The number of β-amino-alcohol motifs (C(OH)–C–C–N with tert-alkyl or cyclic N) is 1. The Morgan fingerprint density at radius 1 is 0.852 bits per heavy atom. The van der Waals surface area contributed by atoms with E-state index in [1.54, 1.807) is 0 Å². The predicted octanol–water partition coefficient (Wildman–Crippen LogP) is 3.54. The zero-order valence-corrected chi connectivity index (χ0v) is 15.9. The molecule has 1 aromatic heterocycles. The highest BCUT2D eigenvalue weighted by Gasteiger charge is 2.24. The Bertz CT molecular complexity index is 774. The highest BCUT2D eigenvalue weighted by atomic mass is 35.5. The predicted molar refractivity (Wildman–Crippen MR) is 110 cm³/mol. The molecule has 6 heteroatoms. The molecule has 0 radical (unpaired) electrons. The van der Waals surface area contributed by atoms with Crippen molar-refractivity contribution in [3.05, 3.63) is 60.7 Å². The molecule has 4 rings (SSSR count). The Kier molecular flexibility index (Phi) is 6.50. The third-order valence-electron chi connectivity index (χ3n) is 4.76. The van der Waals surface area contributed by atoms with E-state index in [1.165, 1.54) is 0 Å². The fraction of sp³-hybridized carbons (Fsp3) is 0.286. The molecule has 0 bridgehead atoms. The Hall–Kier alpha value is -2.34. The van der Waals surface area contributed by atoms with Gasteiger partial charge in [0.2, 0.25) is 0 Å². The van der Waals surface area contributed by atoms with E-state index in [0.29, 0.717) is 6.01 Å². The highest BCUT2D eigenvalue weighted by Crippen LogP contribution is 2.35. The molecule has 0 amide bonds. The Morgan fingerprint density at radius 2 is 1.44 bits per heavy atom. The summed E-state index contributed by atoms with van der Waals surface area (Å²) in [6.45, 7) is 4.44. The second-order valence-corrected chi connectivity index (χ2v) is 6.46. The Morgan fingerprint density at radius 3 is 2.04 bits per heavy atom. The van der Waals surface area contributed by atoms with Gasteiger partial charge in [-0.2, -0.15) is 4.98 Å². The monoisotopic (exact) mass is 385 g/mol. The molecule has 1 aliphatic rings. The Labute approximate surface area is 165 Å². The van der Waals surface area contributed by atoms with Gasteiger partial charge in [0.05, 0.1) is 6.61 Å². The first-order valence-electron chi connectivity index (χ1n) is 9.05. The topological polar surface area (TPSA) is 52.7 Å². The lowest BCUT2D eigenvalue weighted by Crippen LogP contribution is -2.47. The first-order chi connectivity index (χ1) is 12.8. The molecule has 5 nitrogen and oxygen atoms in total. The summed E-state index contributed by atoms with van der Waals surface area (Å²) in [6, 6.07) is 21.0. The maximum Gasteiger partial charge on any atom is 0.298 e. The minimum atomic E-state index is 0. The van der Waals surface area contributed by atoms with Gasteiger partial charge in [-0.15, -0.1) is 12.4 Å². The third kappa shape index (κ3) is 4.33. The minimum Gasteiger partial charge on any atom is -0.423 e. The van der Waals surface area contributed by atoms with Gasteiger partial charge >= 0.3 is 0 Å². The molecule has 1 N–H and O–H groups in total. The van der Waals surface area contributed by atoms with Crippen molar-refractivity contribution >= 4 is 18.4 Å². The molecule has 0 spiro atoms. The average molecular weight is 386 g/mol. The molecule has 1 saturated heterocycles. The van der Waals surface area contributed by atoms with Gasteiger partial charge in [0.15, 0.2) is 5.76 Å². The molecule has 2 aromatic carbocycles. The summed E-state index contributed by atoms with van der Waals surface area (Å²) < 4.78 is 6.24. The molecule has 2 heterocycles. The first kappa shape index (κ1) is 19.4. The molecule has 0 atom stereocenters. The summed E-state index contributed by atoms with van der Waals surface area (Å²) in [5, 5.41) is 9.11. The van der Waals surface area contributed by atoms with Gasteiger partial charge in [0, 0.05) is 43.9 Å². The fourth-order valence-electron chi connectivity index (χ4n) is 3.33. The van der Waals surface area contributed by atoms with Gasteiger partial charge < -0.3 is 14.4 Å². The van der Waals surface area contributed by atoms with E-state index in [4.69, 9.17) is 14.5 Å². The van der Waals surface area contributed by atoms with Crippen LogP contribution >= 0.6 is 12.4 Å². The van der Waals surface area contributed by atoms with Gasteiger partial charge in [-0.1, -0.05) is 60.7 Å². The molecule has 142 valence electrons. The molecule has 0 aliphatic carbocycles. The third-order valence-corrected chi connectivity index (χ3v) is 4.76. The SMILES string of the molecule is Cl.OCCN1CCN(c2nc(-c3ccccc3)c(-c3ccccc3)o2)CC1. The van der Waals surface area contributed by atoms with Gasteiger partial charge in [0.1, 0.15) is 5.69 Å². The molecular formula is C21H24ClN3O2. The van der Waals surface area contributed by atoms with Crippen molar-refractivity contribution in [2.75, 3.05) is 44.2 Å². The number of anilines is 1. The molecule has 1 aliphatic heterocycles. The Balaban J connectivity index is 0.00000210. The number of rotatable bonds is 5. The van der Waals surface area contributed by atoms with Crippen LogP contribution in [0.15, 0.2) is 65.1 Å². The van der Waals surface area contributed by atoms with Crippen molar-refractivity contribution in [1.82, 2.24) is 9.88 Å². The normalized spacial score (nSPS) is 14.8. The number of aliphatic hydroxyl groups is 1. The van der Waals surface area contributed by atoms with Crippen LogP contribution in [0.2, 0.25) is 0 Å². The number of hydrogen-bond donors (Lipinski definition) is 1. The first-order valence-corrected chi connectivity index (χ1v) is 9.05. The van der Waals surface area contributed by atoms with Crippen molar-refractivity contribution in [3.8, 4) is 22.6 Å². The summed E-state index contributed by atoms with van der Waals surface area (Å²) in [7, 11) is 0. The molecule has 1 fully saturated rings. The van der Waals surface area contributed by atoms with Crippen molar-refractivity contribution in [2.45, 2.75) is 0 Å². The minimum absolute atomic E-state index is 0. The lowest BCUT2D eigenvalue weighted by molar-refractivity contribution is 0.187. The van der Waals surface area contributed by atoms with Crippen LogP contribution in [0.25, 0.3) is 22.6 Å². The summed E-state index contributed by atoms with van der Waals surface area (Å²) in [4.78, 5) is 9.29. The number of piperazine rings is 1. The van der Waals surface area contributed by atoms with Crippen molar-refractivity contribution < 1.29 is 9.52 Å². The smallest absolute Gasteiger partial charge is 0.298 e. The lowest BCUT2D eigenvalue weighted by Gasteiger charge is -2.33. The fourth-order valence-corrected chi connectivity index (χ4v) is 3.33. The average Bonchev–Trinajstić information content (AvgIpc) is 3.16. The summed E-state index contributed by atoms with van der Waals surface area (Å²) in [5.74, 6) is 0.810. The standard InChI is InChI=1S/C21H23N3O2.ClH/c25-16-15-23-11-13-24(14-12-23)21-22-19(17-7-3-1-4-8-17)20(26-21)18-9-5-2-6-10-18;/h1-10,25H,11-16H2;1H. The molecule has 0 saturated carbocycles. The molecule has 3 aromatic rings. The van der Waals surface area contributed by atoms with Crippen LogP contribution in [0.4, 0.5) is 6.01 Å². The zero-order chi connectivity index (χ0) is 17.8. The highest BCUT2D eigenvalue weighted by molar-refractivity contribution is 5.85. The second-order valence-electron chi connectivity index (χ2n) is 6.46. The van der Waals surface area contributed by atoms with E-state index >= 15 is 0 Å². The van der Waals surface area contributed by atoms with Crippen LogP contribution in [0.5, 0.6) is 0 Å². The van der Waals surface area contributed by atoms with Crippen molar-refractivity contribution in [2.24, 2.45) is 0 Å². The number of aliphatic hydroxyl groups excluding tert-OH is 1. The van der Waals surface area contributed by atoms with E-state index in [-0.39, 0.29) is 19.0 Å². The van der Waals surface area contributed by atoms with Gasteiger partial charge in [-0.05, 0) is 0 Å². The van der Waals surface area contributed by atoms with Crippen LogP contribution < -0.4 is 4.90 Å². The molecule has 27 heavy (non-hydrogen) atoms. The summed E-state index contributed by atoms with van der Waals surface area (Å²) in [5.41, 5.74) is 2.97. The van der Waals surface area contributed by atoms with Crippen molar-refractivity contribution in [1.29, 1.82) is 0 Å². The number of hydrogen-bond acceptors (Lipinski definition) is 5. The largest absolute Gasteiger partial charge is 0.423 e. The maximum absolute atomic E-state index is 9.11. The van der Waals surface area contributed by atoms with E-state index in [0.717, 1.165) is 55.3 Å². The van der Waals surface area contributed by atoms with E-state index < -0.39 is 0 Å². The van der Waals surface area contributed by atoms with Crippen molar-refractivity contribution in [3.63, 3.8) is 0 Å². The van der Waals surface area contributed by atoms with Crippen LogP contribution in [0, 0.1) is 0 Å². The van der Waals surface area contributed by atoms with Gasteiger partial charge in [-0.3, -0.25) is 4.90 Å². The van der Waals surface area contributed by atoms with E-state index in [1.807, 2.05) is 36.4 Å². The quantitative estimate of drug-likeness (QED) is 0.728. The van der Waals surface area contributed by atoms with Crippen LogP contribution in [0.3, 0.4) is 0 Å². The van der Waals surface area contributed by atoms with Gasteiger partial charge in [0.25, 0.3) is 6.01 Å². The summed E-state index contributed by atoms with van der Waals surface area (Å²) in [6.07, 6.45) is 0. The van der Waals surface area contributed by atoms with E-state index in [9.17, 15) is 0 Å². The number of oxazole rings is 1. The lowest BCUT2D eigenvalue weighted by atomic mass is 10.1. The maximum atomic E-state index is 9.11. The number of benzene rings is 2. The number of halogens is 1. The van der Waals surface area contributed by atoms with Gasteiger partial charge in [-0.25, -0.2) is 0 Å².